The molecule has 2 aromatic carbocycles. The number of hydrogen-bond donors (Lipinski definition) is 1. The summed E-state index contributed by atoms with van der Waals surface area (Å²) in [5.74, 6) is -0.277. The molecule has 0 unspecified atom stereocenters. The van der Waals surface area contributed by atoms with Crippen molar-refractivity contribution in [2.24, 2.45) is 0 Å². The minimum atomic E-state index is -0.325. The molecule has 5 rings (SSSR count). The van der Waals surface area contributed by atoms with E-state index in [1.807, 2.05) is 59.5 Å². The minimum Gasteiger partial charge on any atom is -0.339 e. The van der Waals surface area contributed by atoms with Crippen LogP contribution in [0.5, 0.6) is 0 Å². The third kappa shape index (κ3) is 4.99. The summed E-state index contributed by atoms with van der Waals surface area (Å²) in [6, 6.07) is 17.3. The van der Waals surface area contributed by atoms with Gasteiger partial charge in [-0.1, -0.05) is 30.3 Å². The number of nitrogens with zero attached hydrogens (tertiary/aromatic N) is 4. The molecule has 174 valence electrons. The molecule has 0 spiro atoms. The van der Waals surface area contributed by atoms with Gasteiger partial charge >= 0.3 is 0 Å². The third-order valence-electron chi connectivity index (χ3n) is 6.71. The van der Waals surface area contributed by atoms with E-state index in [0.29, 0.717) is 23.0 Å². The Kier molecular flexibility index (Phi) is 6.62. The van der Waals surface area contributed by atoms with Crippen LogP contribution in [0.4, 0.5) is 5.69 Å². The molecular weight excluding hydrogens is 426 g/mol. The van der Waals surface area contributed by atoms with Crippen LogP contribution in [0.2, 0.25) is 0 Å². The summed E-state index contributed by atoms with van der Waals surface area (Å²) in [4.78, 5) is 39.1. The van der Waals surface area contributed by atoms with Gasteiger partial charge in [-0.15, -0.1) is 0 Å². The highest BCUT2D eigenvalue weighted by atomic mass is 16.2. The zero-order chi connectivity index (χ0) is 23.3. The fourth-order valence-electron chi connectivity index (χ4n) is 4.87. The summed E-state index contributed by atoms with van der Waals surface area (Å²) >= 11 is 0. The van der Waals surface area contributed by atoms with Crippen LogP contribution in [0.3, 0.4) is 0 Å². The lowest BCUT2D eigenvalue weighted by molar-refractivity contribution is 0.0644. The maximum absolute atomic E-state index is 13.2. The Balaban J connectivity index is 1.27. The zero-order valence-corrected chi connectivity index (χ0v) is 19.2. The smallest absolute Gasteiger partial charge is 0.275 e. The standard InChI is InChI=1S/C27H29N5O2/c33-26(29-22-9-2-1-3-10-22)25-19-28-18-24(30-25)20-7-6-8-21(17-20)27(34)32-15-11-23(12-16-32)31-13-4-5-14-31/h1-3,6-10,17-19,23H,4-5,11-16H2,(H,29,33). The molecule has 2 fully saturated rings. The lowest BCUT2D eigenvalue weighted by atomic mass is 10.0. The Morgan fingerprint density at radius 2 is 1.65 bits per heavy atom. The number of carbonyl (C=O) groups excluding carboxylic acids is 2. The van der Waals surface area contributed by atoms with Crippen molar-refractivity contribution in [2.75, 3.05) is 31.5 Å². The first-order valence-electron chi connectivity index (χ1n) is 12.0. The molecule has 3 aromatic rings. The highest BCUT2D eigenvalue weighted by molar-refractivity contribution is 6.03. The second-order valence-electron chi connectivity index (χ2n) is 8.96. The number of rotatable bonds is 5. The first kappa shape index (κ1) is 22.2. The summed E-state index contributed by atoms with van der Waals surface area (Å²) in [5, 5.41) is 2.83. The molecule has 7 nitrogen and oxygen atoms in total. The van der Waals surface area contributed by atoms with Gasteiger partial charge in [0.25, 0.3) is 11.8 Å². The van der Waals surface area contributed by atoms with Gasteiger partial charge in [0.1, 0.15) is 5.69 Å². The second kappa shape index (κ2) is 10.1. The predicted molar refractivity (Wildman–Crippen MR) is 132 cm³/mol. The van der Waals surface area contributed by atoms with Gasteiger partial charge in [0.2, 0.25) is 0 Å². The topological polar surface area (TPSA) is 78.4 Å². The molecule has 2 aliphatic heterocycles. The van der Waals surface area contributed by atoms with Crippen molar-refractivity contribution < 1.29 is 9.59 Å². The highest BCUT2D eigenvalue weighted by Gasteiger charge is 2.28. The molecule has 2 amide bonds. The monoisotopic (exact) mass is 455 g/mol. The van der Waals surface area contributed by atoms with Gasteiger partial charge in [-0.05, 0) is 63.0 Å². The summed E-state index contributed by atoms with van der Waals surface area (Å²) in [6.07, 6.45) is 7.73. The van der Waals surface area contributed by atoms with Crippen LogP contribution in [0.15, 0.2) is 67.0 Å². The number of hydrogen-bond acceptors (Lipinski definition) is 5. The van der Waals surface area contributed by atoms with Crippen molar-refractivity contribution in [1.29, 1.82) is 0 Å². The van der Waals surface area contributed by atoms with Crippen molar-refractivity contribution >= 4 is 17.5 Å². The molecule has 0 aliphatic carbocycles. The number of aromatic nitrogens is 2. The van der Waals surface area contributed by atoms with Gasteiger partial charge in [0.05, 0.1) is 18.1 Å². The zero-order valence-electron chi connectivity index (χ0n) is 19.2. The number of anilines is 1. The van der Waals surface area contributed by atoms with Gasteiger partial charge in [-0.2, -0.15) is 0 Å². The summed E-state index contributed by atoms with van der Waals surface area (Å²) in [5.41, 5.74) is 2.88. The predicted octanol–water partition coefficient (Wildman–Crippen LogP) is 4.10. The molecule has 2 aliphatic rings. The number of benzene rings is 2. The molecule has 34 heavy (non-hydrogen) atoms. The number of amides is 2. The number of carbonyl (C=O) groups is 2. The maximum Gasteiger partial charge on any atom is 0.275 e. The summed E-state index contributed by atoms with van der Waals surface area (Å²) < 4.78 is 0. The van der Waals surface area contributed by atoms with E-state index >= 15 is 0 Å². The van der Waals surface area contributed by atoms with Crippen LogP contribution in [0.25, 0.3) is 11.3 Å². The van der Waals surface area contributed by atoms with E-state index in [4.69, 9.17) is 0 Å². The SMILES string of the molecule is O=C(Nc1ccccc1)c1cncc(-c2cccc(C(=O)N3CCC(N4CCCC4)CC3)c2)n1. The van der Waals surface area contributed by atoms with E-state index in [1.54, 1.807) is 6.20 Å². The largest absolute Gasteiger partial charge is 0.339 e. The van der Waals surface area contributed by atoms with E-state index in [9.17, 15) is 9.59 Å². The molecule has 2 saturated heterocycles. The van der Waals surface area contributed by atoms with Gasteiger partial charge in [0.15, 0.2) is 0 Å². The third-order valence-corrected chi connectivity index (χ3v) is 6.71. The van der Waals surface area contributed by atoms with E-state index < -0.39 is 0 Å². The Morgan fingerprint density at radius 1 is 0.882 bits per heavy atom. The average molecular weight is 456 g/mol. The Hall–Kier alpha value is -3.58. The van der Waals surface area contributed by atoms with Crippen LogP contribution >= 0.6 is 0 Å². The Bertz CT molecular complexity index is 1150. The molecule has 1 aromatic heterocycles. The fourth-order valence-corrected chi connectivity index (χ4v) is 4.87. The van der Waals surface area contributed by atoms with Gasteiger partial charge in [-0.25, -0.2) is 4.98 Å². The maximum atomic E-state index is 13.2. The molecule has 0 radical (unpaired) electrons. The quantitative estimate of drug-likeness (QED) is 0.627. The van der Waals surface area contributed by atoms with Gasteiger partial charge in [0, 0.05) is 35.9 Å². The van der Waals surface area contributed by atoms with Crippen molar-refractivity contribution in [3.05, 3.63) is 78.2 Å². The summed E-state index contributed by atoms with van der Waals surface area (Å²) in [6.45, 7) is 3.98. The molecule has 0 bridgehead atoms. The van der Waals surface area contributed by atoms with Crippen molar-refractivity contribution in [1.82, 2.24) is 19.8 Å². The van der Waals surface area contributed by atoms with Crippen LogP contribution in [-0.4, -0.2) is 63.8 Å². The van der Waals surface area contributed by atoms with Gasteiger partial charge < -0.3 is 15.1 Å². The van der Waals surface area contributed by atoms with E-state index in [-0.39, 0.29) is 17.5 Å². The van der Waals surface area contributed by atoms with Crippen molar-refractivity contribution in [3.8, 4) is 11.3 Å². The van der Waals surface area contributed by atoms with Crippen LogP contribution in [0.1, 0.15) is 46.5 Å². The number of para-hydroxylation sites is 1. The Morgan fingerprint density at radius 3 is 2.41 bits per heavy atom. The average Bonchev–Trinajstić information content (AvgIpc) is 3.44. The highest BCUT2D eigenvalue weighted by Crippen LogP contribution is 2.24. The van der Waals surface area contributed by atoms with Crippen LogP contribution in [0, 0.1) is 0 Å². The Labute approximate surface area is 199 Å². The van der Waals surface area contributed by atoms with Crippen LogP contribution in [-0.2, 0) is 0 Å². The van der Waals surface area contributed by atoms with E-state index in [2.05, 4.69) is 20.2 Å². The first-order chi connectivity index (χ1) is 16.7. The van der Waals surface area contributed by atoms with E-state index in [0.717, 1.165) is 31.5 Å². The van der Waals surface area contributed by atoms with Crippen LogP contribution < -0.4 is 5.32 Å². The molecule has 1 N–H and O–H groups in total. The number of piperidine rings is 1. The van der Waals surface area contributed by atoms with Gasteiger partial charge in [-0.3, -0.25) is 14.6 Å². The normalized spacial score (nSPS) is 17.0. The van der Waals surface area contributed by atoms with Crippen molar-refractivity contribution in [2.45, 2.75) is 31.7 Å². The van der Waals surface area contributed by atoms with E-state index in [1.165, 1.54) is 32.1 Å². The molecule has 7 heteroatoms. The molecule has 0 atom stereocenters. The lowest BCUT2D eigenvalue weighted by Crippen LogP contribution is -2.45. The van der Waals surface area contributed by atoms with Crippen molar-refractivity contribution in [3.63, 3.8) is 0 Å². The minimum absolute atomic E-state index is 0.0488. The molecule has 0 saturated carbocycles. The fraction of sp³-hybridized carbons (Fsp3) is 0.333. The first-order valence-corrected chi connectivity index (χ1v) is 12.0. The number of nitrogens with one attached hydrogen (secondary N) is 1. The second-order valence-corrected chi connectivity index (χ2v) is 8.96. The summed E-state index contributed by atoms with van der Waals surface area (Å²) in [7, 11) is 0. The number of likely N-dealkylation sites (tertiary alicyclic amines) is 2. The lowest BCUT2D eigenvalue weighted by Gasteiger charge is -2.36. The molecule has 3 heterocycles. The molecular formula is C27H29N5O2.